The molecule has 2 nitrogen and oxygen atoms in total. The fourth-order valence-corrected chi connectivity index (χ4v) is 4.04. The molecule has 3 aliphatic rings. The minimum atomic E-state index is -0.219. The number of rotatable bonds is 1. The number of dihydropyridines is 1. The lowest BCUT2D eigenvalue weighted by atomic mass is 9.70. The van der Waals surface area contributed by atoms with E-state index in [1.54, 1.807) is 6.07 Å². The summed E-state index contributed by atoms with van der Waals surface area (Å²) in [6.07, 6.45) is 10.7. The van der Waals surface area contributed by atoms with Gasteiger partial charge in [0.05, 0.1) is 11.0 Å². The lowest BCUT2D eigenvalue weighted by Gasteiger charge is -2.38. The first-order valence-corrected chi connectivity index (χ1v) is 8.41. The average molecular weight is 359 g/mol. The van der Waals surface area contributed by atoms with Crippen LogP contribution in [0.15, 0.2) is 56.5 Å². The molecule has 2 heterocycles. The van der Waals surface area contributed by atoms with Crippen LogP contribution in [0.5, 0.6) is 0 Å². The number of benzene rings is 1. The molecule has 1 aliphatic carbocycles. The number of aliphatic imine (C=N–C) groups is 2. The van der Waals surface area contributed by atoms with Crippen LogP contribution in [0.1, 0.15) is 24.3 Å². The Bertz CT molecular complexity index is 733. The zero-order valence-corrected chi connectivity index (χ0v) is 13.6. The first kappa shape index (κ1) is 14.1. The standard InChI is InChI=1S/C18H16BrFN2/c19-14-9-11(5-6-15(14)20)18-12-3-1-2-4-16(12)22-17-10-21-8-7-13(17)18/h1,3,5-7,9-10,12,17-18H,2,4,8H2. The van der Waals surface area contributed by atoms with E-state index in [1.807, 2.05) is 18.3 Å². The van der Waals surface area contributed by atoms with Crippen LogP contribution in [0.25, 0.3) is 0 Å². The molecule has 0 radical (unpaired) electrons. The van der Waals surface area contributed by atoms with Gasteiger partial charge in [0.25, 0.3) is 0 Å². The highest BCUT2D eigenvalue weighted by atomic mass is 79.9. The zero-order chi connectivity index (χ0) is 15.1. The van der Waals surface area contributed by atoms with Crippen molar-refractivity contribution in [2.45, 2.75) is 24.8 Å². The summed E-state index contributed by atoms with van der Waals surface area (Å²) in [4.78, 5) is 9.27. The Morgan fingerprint density at radius 1 is 1.27 bits per heavy atom. The molecule has 4 heteroatoms. The van der Waals surface area contributed by atoms with Gasteiger partial charge in [-0.1, -0.05) is 24.3 Å². The van der Waals surface area contributed by atoms with Crippen LogP contribution >= 0.6 is 15.9 Å². The van der Waals surface area contributed by atoms with Crippen LogP contribution in [0.2, 0.25) is 0 Å². The molecule has 0 spiro atoms. The van der Waals surface area contributed by atoms with Gasteiger partial charge in [-0.25, -0.2) is 4.39 Å². The third-order valence-corrected chi connectivity index (χ3v) is 5.25. The first-order valence-electron chi connectivity index (χ1n) is 7.62. The Labute approximate surface area is 137 Å². The SMILES string of the molecule is Fc1ccc(C2C3=CCN=CC3N=C3CCC=CC32)cc1Br. The molecule has 4 rings (SSSR count). The molecule has 112 valence electrons. The molecule has 3 unspecified atom stereocenters. The van der Waals surface area contributed by atoms with Crippen molar-refractivity contribution in [1.29, 1.82) is 0 Å². The predicted octanol–water partition coefficient (Wildman–Crippen LogP) is 4.47. The quantitative estimate of drug-likeness (QED) is 0.661. The molecule has 1 aromatic rings. The van der Waals surface area contributed by atoms with Gasteiger partial charge in [-0.3, -0.25) is 9.98 Å². The third-order valence-electron chi connectivity index (χ3n) is 4.64. The van der Waals surface area contributed by atoms with Gasteiger partial charge in [-0.05, 0) is 52.0 Å². The van der Waals surface area contributed by atoms with Crippen molar-refractivity contribution in [3.05, 3.63) is 57.9 Å². The topological polar surface area (TPSA) is 24.7 Å². The molecule has 0 saturated carbocycles. The van der Waals surface area contributed by atoms with Gasteiger partial charge in [0, 0.05) is 23.8 Å². The second-order valence-electron chi connectivity index (χ2n) is 5.93. The second kappa shape index (κ2) is 5.58. The van der Waals surface area contributed by atoms with Gasteiger partial charge in [0.1, 0.15) is 11.9 Å². The lowest BCUT2D eigenvalue weighted by molar-refractivity contribution is 0.601. The molecule has 0 N–H and O–H groups in total. The van der Waals surface area contributed by atoms with E-state index in [9.17, 15) is 4.39 Å². The van der Waals surface area contributed by atoms with Crippen molar-refractivity contribution in [3.63, 3.8) is 0 Å². The van der Waals surface area contributed by atoms with Gasteiger partial charge in [-0.2, -0.15) is 0 Å². The minimum Gasteiger partial charge on any atom is -0.291 e. The Morgan fingerprint density at radius 2 is 2.18 bits per heavy atom. The van der Waals surface area contributed by atoms with Crippen LogP contribution < -0.4 is 0 Å². The van der Waals surface area contributed by atoms with Crippen molar-refractivity contribution in [1.82, 2.24) is 0 Å². The van der Waals surface area contributed by atoms with Crippen molar-refractivity contribution in [3.8, 4) is 0 Å². The number of nitrogens with zero attached hydrogens (tertiary/aromatic N) is 2. The summed E-state index contributed by atoms with van der Waals surface area (Å²) >= 11 is 3.32. The highest BCUT2D eigenvalue weighted by molar-refractivity contribution is 9.10. The normalized spacial score (nSPS) is 29.5. The van der Waals surface area contributed by atoms with Gasteiger partial charge in [0.15, 0.2) is 0 Å². The summed E-state index contributed by atoms with van der Waals surface area (Å²) < 4.78 is 14.1. The summed E-state index contributed by atoms with van der Waals surface area (Å²) in [5, 5.41) is 0. The molecule has 0 saturated heterocycles. The van der Waals surface area contributed by atoms with Gasteiger partial charge in [-0.15, -0.1) is 0 Å². The molecule has 0 fully saturated rings. The molecule has 1 aromatic carbocycles. The van der Waals surface area contributed by atoms with Crippen molar-refractivity contribution in [2.24, 2.45) is 15.9 Å². The van der Waals surface area contributed by atoms with Gasteiger partial charge >= 0.3 is 0 Å². The minimum absolute atomic E-state index is 0.0559. The fraction of sp³-hybridized carbons (Fsp3) is 0.333. The fourth-order valence-electron chi connectivity index (χ4n) is 3.64. The zero-order valence-electron chi connectivity index (χ0n) is 12.0. The van der Waals surface area contributed by atoms with Crippen molar-refractivity contribution in [2.75, 3.05) is 6.54 Å². The summed E-state index contributed by atoms with van der Waals surface area (Å²) in [7, 11) is 0. The van der Waals surface area contributed by atoms with E-state index in [1.165, 1.54) is 11.3 Å². The van der Waals surface area contributed by atoms with E-state index < -0.39 is 0 Å². The molecule has 0 aromatic heterocycles. The predicted molar refractivity (Wildman–Crippen MR) is 91.4 cm³/mol. The number of hydrogen-bond acceptors (Lipinski definition) is 2. The first-order chi connectivity index (χ1) is 10.7. The molecular weight excluding hydrogens is 343 g/mol. The van der Waals surface area contributed by atoms with E-state index in [0.717, 1.165) is 18.4 Å². The Kier molecular flexibility index (Phi) is 3.57. The highest BCUT2D eigenvalue weighted by Gasteiger charge is 2.37. The molecule has 2 aliphatic heterocycles. The summed E-state index contributed by atoms with van der Waals surface area (Å²) in [6, 6.07) is 5.42. The summed E-state index contributed by atoms with van der Waals surface area (Å²) in [6.45, 7) is 0.714. The molecule has 0 amide bonds. The summed E-state index contributed by atoms with van der Waals surface area (Å²) in [5.74, 6) is 0.307. The second-order valence-corrected chi connectivity index (χ2v) is 6.78. The van der Waals surface area contributed by atoms with E-state index in [0.29, 0.717) is 16.9 Å². The van der Waals surface area contributed by atoms with Crippen LogP contribution in [0.4, 0.5) is 4.39 Å². The van der Waals surface area contributed by atoms with E-state index in [-0.39, 0.29) is 17.8 Å². The van der Waals surface area contributed by atoms with Gasteiger partial charge < -0.3 is 0 Å². The Balaban J connectivity index is 1.85. The maximum absolute atomic E-state index is 13.6. The molecular formula is C18H16BrFN2. The number of allylic oxidation sites excluding steroid dienone is 2. The van der Waals surface area contributed by atoms with Gasteiger partial charge in [0.2, 0.25) is 0 Å². The maximum Gasteiger partial charge on any atom is 0.137 e. The number of hydrogen-bond donors (Lipinski definition) is 0. The molecule has 22 heavy (non-hydrogen) atoms. The lowest BCUT2D eigenvalue weighted by Crippen LogP contribution is -2.36. The third kappa shape index (κ3) is 2.30. The molecule has 3 atom stereocenters. The average Bonchev–Trinajstić information content (AvgIpc) is 2.55. The van der Waals surface area contributed by atoms with Crippen LogP contribution in [0, 0.1) is 11.7 Å². The van der Waals surface area contributed by atoms with Crippen LogP contribution in [0.3, 0.4) is 0 Å². The Hall–Kier alpha value is -1.55. The monoisotopic (exact) mass is 358 g/mol. The van der Waals surface area contributed by atoms with E-state index in [2.05, 4.69) is 39.2 Å². The van der Waals surface area contributed by atoms with E-state index in [4.69, 9.17) is 4.99 Å². The highest BCUT2D eigenvalue weighted by Crippen LogP contribution is 2.43. The van der Waals surface area contributed by atoms with Crippen LogP contribution in [-0.4, -0.2) is 24.5 Å². The summed E-state index contributed by atoms with van der Waals surface area (Å²) in [5.41, 5.74) is 3.70. The number of fused-ring (bicyclic) bond motifs is 2. The van der Waals surface area contributed by atoms with Crippen molar-refractivity contribution >= 4 is 27.9 Å². The largest absolute Gasteiger partial charge is 0.291 e. The van der Waals surface area contributed by atoms with Crippen LogP contribution in [-0.2, 0) is 0 Å². The van der Waals surface area contributed by atoms with Crippen molar-refractivity contribution < 1.29 is 4.39 Å². The maximum atomic E-state index is 13.6. The number of halogens is 2. The smallest absolute Gasteiger partial charge is 0.137 e. The van der Waals surface area contributed by atoms with E-state index >= 15 is 0 Å². The Morgan fingerprint density at radius 3 is 3.05 bits per heavy atom. The molecule has 0 bridgehead atoms.